The highest BCUT2D eigenvalue weighted by Gasteiger charge is 2.75. The summed E-state index contributed by atoms with van der Waals surface area (Å²) in [5.41, 5.74) is -7.27. The molecule has 0 atom stereocenters. The number of carbonyl (C=O) groups is 1. The molecule has 7 nitrogen and oxygen atoms in total. The number of rotatable bonds is 8. The largest absolute Gasteiger partial charge is 0.496 e. The molecule has 1 N–H and O–H groups in total. The fourth-order valence-corrected chi connectivity index (χ4v) is 4.01. The van der Waals surface area contributed by atoms with Gasteiger partial charge < -0.3 is 14.2 Å². The van der Waals surface area contributed by atoms with Crippen molar-refractivity contribution in [2.24, 2.45) is 0 Å². The fourth-order valence-electron chi connectivity index (χ4n) is 3.25. The van der Waals surface area contributed by atoms with Gasteiger partial charge in [0.15, 0.2) is 0 Å². The fraction of sp³-hybridized carbons (Fsp3) is 0.174. The second-order valence-corrected chi connectivity index (χ2v) is 8.12. The number of esters is 1. The first-order valence-electron chi connectivity index (χ1n) is 10.1. The van der Waals surface area contributed by atoms with Crippen LogP contribution in [0.15, 0.2) is 77.7 Å². The van der Waals surface area contributed by atoms with Crippen molar-refractivity contribution in [2.75, 3.05) is 11.8 Å². The molecule has 0 saturated carbocycles. The Balaban J connectivity index is 1.97. The predicted octanol–water partition coefficient (Wildman–Crippen LogP) is 6.90. The minimum atomic E-state index is -6.10. The third kappa shape index (κ3) is 5.58. The van der Waals surface area contributed by atoms with E-state index in [1.54, 1.807) is 0 Å². The number of alkyl halides is 6. The number of benzene rings is 3. The van der Waals surface area contributed by atoms with Gasteiger partial charge >= 0.3 is 23.9 Å². The first kappa shape index (κ1) is 27.6. The van der Waals surface area contributed by atoms with Crippen molar-refractivity contribution >= 4 is 29.3 Å². The number of methoxy groups -OCH3 is 1. The summed E-state index contributed by atoms with van der Waals surface area (Å²) in [5.74, 6) is -2.18. The van der Waals surface area contributed by atoms with E-state index in [1.165, 1.54) is 42.5 Å². The monoisotopic (exact) mass is 546 g/mol. The van der Waals surface area contributed by atoms with E-state index in [-0.39, 0.29) is 22.0 Å². The van der Waals surface area contributed by atoms with Crippen molar-refractivity contribution in [3.05, 3.63) is 94.0 Å². The van der Waals surface area contributed by atoms with Crippen molar-refractivity contribution in [1.82, 2.24) is 0 Å². The molecule has 3 aromatic carbocycles. The summed E-state index contributed by atoms with van der Waals surface area (Å²) in [7, 11) is 1.08. The van der Waals surface area contributed by atoms with Gasteiger partial charge in [0.2, 0.25) is 0 Å². The summed E-state index contributed by atoms with van der Waals surface area (Å²) in [4.78, 5) is 23.2. The Bertz CT molecular complexity index is 1270. The number of halogens is 6. The van der Waals surface area contributed by atoms with Crippen molar-refractivity contribution in [3.8, 4) is 5.75 Å². The molecule has 0 aliphatic heterocycles. The Kier molecular flexibility index (Phi) is 7.91. The molecule has 196 valence electrons. The number of ether oxygens (including phenoxy) is 2. The standard InChI is InChI=1S/C23H16F6N2O5S/c1-35-18-8-4-2-6-16(18)20(32)36-21(22(24,25)26,23(27,28)29)14-10-12-15(13-11-14)30-37-19-9-5-3-7-17(19)31(33)34/h2-13,30H,1H3. The Hall–Kier alpha value is -3.94. The summed E-state index contributed by atoms with van der Waals surface area (Å²) in [6, 6.07) is 13.1. The molecule has 0 saturated heterocycles. The molecule has 0 aliphatic carbocycles. The maximum absolute atomic E-state index is 14.1. The lowest BCUT2D eigenvalue weighted by atomic mass is 9.91. The number of nitro groups is 1. The van der Waals surface area contributed by atoms with E-state index in [0.717, 1.165) is 37.3 Å². The van der Waals surface area contributed by atoms with Crippen LogP contribution in [0.2, 0.25) is 0 Å². The third-order valence-corrected chi connectivity index (χ3v) is 5.91. The van der Waals surface area contributed by atoms with Crippen LogP contribution in [0, 0.1) is 10.1 Å². The number of anilines is 1. The normalized spacial score (nSPS) is 12.1. The lowest BCUT2D eigenvalue weighted by Gasteiger charge is -2.37. The average molecular weight is 546 g/mol. The van der Waals surface area contributed by atoms with E-state index in [4.69, 9.17) is 4.74 Å². The molecule has 14 heteroatoms. The predicted molar refractivity (Wildman–Crippen MR) is 121 cm³/mol. The number of carbonyl (C=O) groups excluding carboxylic acids is 1. The zero-order chi connectivity index (χ0) is 27.4. The maximum Gasteiger partial charge on any atom is 0.442 e. The van der Waals surface area contributed by atoms with Gasteiger partial charge in [0.25, 0.3) is 5.69 Å². The van der Waals surface area contributed by atoms with Crippen LogP contribution in [0.25, 0.3) is 0 Å². The summed E-state index contributed by atoms with van der Waals surface area (Å²) in [6.07, 6.45) is -12.2. The smallest absolute Gasteiger partial charge is 0.442 e. The molecule has 0 unspecified atom stereocenters. The molecular weight excluding hydrogens is 530 g/mol. The van der Waals surface area contributed by atoms with Crippen LogP contribution < -0.4 is 9.46 Å². The van der Waals surface area contributed by atoms with E-state index in [2.05, 4.69) is 9.46 Å². The third-order valence-electron chi connectivity index (χ3n) is 5.00. The van der Waals surface area contributed by atoms with Gasteiger partial charge in [0, 0.05) is 17.3 Å². The van der Waals surface area contributed by atoms with Gasteiger partial charge in [-0.25, -0.2) is 4.79 Å². The average Bonchev–Trinajstić information content (AvgIpc) is 2.84. The SMILES string of the molecule is COc1ccccc1C(=O)OC(c1ccc(NSc2ccccc2[N+](=O)[O-])cc1)(C(F)(F)F)C(F)(F)F. The molecule has 0 spiro atoms. The van der Waals surface area contributed by atoms with Crippen molar-refractivity contribution in [1.29, 1.82) is 0 Å². The second-order valence-electron chi connectivity index (χ2n) is 7.27. The second kappa shape index (κ2) is 10.6. The molecular formula is C23H16F6N2O5S. The van der Waals surface area contributed by atoms with Crippen molar-refractivity contribution in [2.45, 2.75) is 22.8 Å². The van der Waals surface area contributed by atoms with Gasteiger partial charge in [0.1, 0.15) is 16.2 Å². The van der Waals surface area contributed by atoms with Crippen molar-refractivity contribution < 1.29 is 45.5 Å². The van der Waals surface area contributed by atoms with Crippen LogP contribution in [-0.2, 0) is 10.3 Å². The van der Waals surface area contributed by atoms with Gasteiger partial charge in [-0.3, -0.25) is 10.1 Å². The molecule has 0 fully saturated rings. The van der Waals surface area contributed by atoms with Gasteiger partial charge in [-0.1, -0.05) is 36.4 Å². The van der Waals surface area contributed by atoms with Crippen molar-refractivity contribution in [3.63, 3.8) is 0 Å². The number of hydrogen-bond donors (Lipinski definition) is 1. The number of nitrogens with one attached hydrogen (secondary N) is 1. The summed E-state index contributed by atoms with van der Waals surface area (Å²) >= 11 is 0.730. The Morgan fingerprint density at radius 2 is 1.46 bits per heavy atom. The summed E-state index contributed by atoms with van der Waals surface area (Å²) < 4.78 is 96.2. The Morgan fingerprint density at radius 1 is 0.892 bits per heavy atom. The Labute approximate surface area is 209 Å². The quantitative estimate of drug-likeness (QED) is 0.108. The van der Waals surface area contributed by atoms with E-state index in [0.29, 0.717) is 12.1 Å². The van der Waals surface area contributed by atoms with E-state index >= 15 is 0 Å². The number of nitro benzene ring substituents is 1. The van der Waals surface area contributed by atoms with E-state index in [9.17, 15) is 41.3 Å². The minimum absolute atomic E-state index is 0.0289. The van der Waals surface area contributed by atoms with Crippen LogP contribution in [0.3, 0.4) is 0 Å². The van der Waals surface area contributed by atoms with E-state index < -0.39 is 40.0 Å². The Morgan fingerprint density at radius 3 is 2.03 bits per heavy atom. The van der Waals surface area contributed by atoms with Crippen LogP contribution in [0.5, 0.6) is 5.75 Å². The molecule has 0 amide bonds. The molecule has 0 heterocycles. The molecule has 0 radical (unpaired) electrons. The maximum atomic E-state index is 14.1. The van der Waals surface area contributed by atoms with Crippen LogP contribution in [0.1, 0.15) is 15.9 Å². The summed E-state index contributed by atoms with van der Waals surface area (Å²) in [5, 5.41) is 11.1. The van der Waals surface area contributed by atoms with Gasteiger partial charge in [-0.15, -0.1) is 0 Å². The number of hydrogen-bond acceptors (Lipinski definition) is 7. The lowest BCUT2D eigenvalue weighted by molar-refractivity contribution is -0.387. The topological polar surface area (TPSA) is 90.7 Å². The highest BCUT2D eigenvalue weighted by atomic mass is 32.2. The molecule has 3 aromatic rings. The highest BCUT2D eigenvalue weighted by molar-refractivity contribution is 8.00. The summed E-state index contributed by atoms with van der Waals surface area (Å²) in [6.45, 7) is 0. The zero-order valence-corrected chi connectivity index (χ0v) is 19.4. The number of nitrogens with zero attached hydrogens (tertiary/aromatic N) is 1. The lowest BCUT2D eigenvalue weighted by Crippen LogP contribution is -2.56. The first-order chi connectivity index (χ1) is 17.3. The molecule has 0 aromatic heterocycles. The minimum Gasteiger partial charge on any atom is -0.496 e. The van der Waals surface area contributed by atoms with Crippen LogP contribution in [0.4, 0.5) is 37.7 Å². The first-order valence-corrected chi connectivity index (χ1v) is 10.9. The van der Waals surface area contributed by atoms with Crippen LogP contribution in [-0.4, -0.2) is 30.4 Å². The van der Waals surface area contributed by atoms with Crippen LogP contribution >= 0.6 is 11.9 Å². The molecule has 37 heavy (non-hydrogen) atoms. The van der Waals surface area contributed by atoms with E-state index in [1.807, 2.05) is 0 Å². The molecule has 0 bridgehead atoms. The molecule has 3 rings (SSSR count). The van der Waals surface area contributed by atoms with Gasteiger partial charge in [-0.2, -0.15) is 26.3 Å². The molecule has 0 aliphatic rings. The zero-order valence-electron chi connectivity index (χ0n) is 18.6. The number of para-hydroxylation sites is 2. The highest BCUT2D eigenvalue weighted by Crippen LogP contribution is 2.53. The van der Waals surface area contributed by atoms with Gasteiger partial charge in [-0.05, 0) is 42.3 Å². The van der Waals surface area contributed by atoms with Gasteiger partial charge in [0.05, 0.1) is 12.0 Å².